The third-order valence-electron chi connectivity index (χ3n) is 6.93. The van der Waals surface area contributed by atoms with Gasteiger partial charge >= 0.3 is 6.03 Å². The first-order valence-corrected chi connectivity index (χ1v) is 12.8. The number of hydrogen-bond donors (Lipinski definition) is 2. The molecule has 1 atom stereocenters. The Labute approximate surface area is 208 Å². The topological polar surface area (TPSA) is 74.3 Å². The summed E-state index contributed by atoms with van der Waals surface area (Å²) in [6, 6.07) is 17.8. The van der Waals surface area contributed by atoms with Crippen molar-refractivity contribution in [1.29, 1.82) is 0 Å². The van der Waals surface area contributed by atoms with Gasteiger partial charge in [-0.05, 0) is 73.7 Å². The summed E-state index contributed by atoms with van der Waals surface area (Å²) in [5.74, 6) is 0.416. The van der Waals surface area contributed by atoms with E-state index in [0.717, 1.165) is 58.6 Å². The minimum atomic E-state index is -0.265. The molecule has 0 saturated carbocycles. The number of benzene rings is 2. The first-order valence-electron chi connectivity index (χ1n) is 12.0. The number of urea groups is 1. The first-order chi connectivity index (χ1) is 17.1. The van der Waals surface area contributed by atoms with Crippen LogP contribution in [0.1, 0.15) is 34.5 Å². The van der Waals surface area contributed by atoms with Gasteiger partial charge in [0.1, 0.15) is 4.83 Å². The van der Waals surface area contributed by atoms with E-state index < -0.39 is 0 Å². The van der Waals surface area contributed by atoms with E-state index in [1.165, 1.54) is 16.9 Å². The molecule has 7 heteroatoms. The molecule has 1 saturated heterocycles. The lowest BCUT2D eigenvalue weighted by Crippen LogP contribution is -2.34. The first kappa shape index (κ1) is 21.9. The minimum absolute atomic E-state index is 0.0814. The third-order valence-corrected chi connectivity index (χ3v) is 8.07. The van der Waals surface area contributed by atoms with Crippen LogP contribution >= 0.6 is 11.3 Å². The standard InChI is InChI=1S/C28H26N4O2S/c1-17-6-2-3-10-21(17)19-8-4-9-20(15-19)32-22-11-13-30-27-24(22)25(31-28(32)34)26(35-27)23(33)14-18-7-5-12-29-16-18/h2-4,6,8-11,13,15,18,29H,5,7,12,14,16H2,1H3,(H,31,34)/t18-/m0/s1. The SMILES string of the molecule is Cc1ccccc1-c1cccc(N2C(=O)Nc3c(C(=O)C[C@@H]4CCCNC4)sc4nccc2c34)c1. The van der Waals surface area contributed by atoms with Crippen molar-refractivity contribution in [3.63, 3.8) is 0 Å². The zero-order valence-corrected chi connectivity index (χ0v) is 20.3. The number of nitrogens with zero attached hydrogens (tertiary/aromatic N) is 2. The molecule has 4 heterocycles. The van der Waals surface area contributed by atoms with Crippen LogP contribution in [-0.2, 0) is 0 Å². The largest absolute Gasteiger partial charge is 0.331 e. The van der Waals surface area contributed by atoms with E-state index in [2.05, 4.69) is 40.7 Å². The third kappa shape index (κ3) is 3.90. The summed E-state index contributed by atoms with van der Waals surface area (Å²) in [6.45, 7) is 3.97. The molecule has 6 nitrogen and oxygen atoms in total. The Bertz CT molecular complexity index is 1450. The van der Waals surface area contributed by atoms with Gasteiger partial charge in [0.05, 0.1) is 27.3 Å². The molecule has 0 aliphatic carbocycles. The van der Waals surface area contributed by atoms with E-state index in [4.69, 9.17) is 0 Å². The fourth-order valence-electron chi connectivity index (χ4n) is 5.20. The molecule has 35 heavy (non-hydrogen) atoms. The molecular formula is C28H26N4O2S. The Morgan fingerprint density at radius 1 is 1.17 bits per heavy atom. The van der Waals surface area contributed by atoms with Crippen molar-refractivity contribution in [3.05, 3.63) is 71.2 Å². The van der Waals surface area contributed by atoms with Crippen molar-refractivity contribution >= 4 is 50.4 Å². The van der Waals surface area contributed by atoms with Crippen molar-refractivity contribution in [1.82, 2.24) is 10.3 Å². The second-order valence-electron chi connectivity index (χ2n) is 9.29. The number of aryl methyl sites for hydroxylation is 1. The number of thiophene rings is 1. The minimum Gasteiger partial charge on any atom is -0.316 e. The van der Waals surface area contributed by atoms with Crippen molar-refractivity contribution < 1.29 is 9.59 Å². The zero-order valence-electron chi connectivity index (χ0n) is 19.5. The highest BCUT2D eigenvalue weighted by Gasteiger charge is 2.33. The van der Waals surface area contributed by atoms with Gasteiger partial charge in [-0.3, -0.25) is 9.69 Å². The van der Waals surface area contributed by atoms with Gasteiger partial charge in [-0.25, -0.2) is 9.78 Å². The normalized spacial score (nSPS) is 17.5. The molecule has 2 aliphatic rings. The summed E-state index contributed by atoms with van der Waals surface area (Å²) in [6.07, 6.45) is 4.35. The molecule has 0 bridgehead atoms. The van der Waals surface area contributed by atoms with Gasteiger partial charge < -0.3 is 10.6 Å². The zero-order chi connectivity index (χ0) is 23.9. The number of Topliss-reactive ketones (excluding diaryl/α,β-unsaturated/α-hetero) is 1. The van der Waals surface area contributed by atoms with E-state index in [0.29, 0.717) is 22.9 Å². The van der Waals surface area contributed by atoms with Crippen molar-refractivity contribution in [2.24, 2.45) is 5.92 Å². The number of amides is 2. The number of ketones is 1. The smallest absolute Gasteiger partial charge is 0.316 e. The molecule has 176 valence electrons. The molecule has 2 aromatic carbocycles. The Morgan fingerprint density at radius 2 is 2.06 bits per heavy atom. The lowest BCUT2D eigenvalue weighted by molar-refractivity contribution is 0.0958. The van der Waals surface area contributed by atoms with Crippen LogP contribution in [0.2, 0.25) is 0 Å². The molecule has 1 fully saturated rings. The summed E-state index contributed by atoms with van der Waals surface area (Å²) >= 11 is 1.38. The lowest BCUT2D eigenvalue weighted by atomic mass is 9.93. The van der Waals surface area contributed by atoms with E-state index in [9.17, 15) is 9.59 Å². The number of nitrogens with one attached hydrogen (secondary N) is 2. The monoisotopic (exact) mass is 482 g/mol. The van der Waals surface area contributed by atoms with Crippen molar-refractivity contribution in [3.8, 4) is 11.1 Å². The van der Waals surface area contributed by atoms with Crippen LogP contribution < -0.4 is 15.5 Å². The molecule has 6 rings (SSSR count). The van der Waals surface area contributed by atoms with Gasteiger partial charge in [-0.2, -0.15) is 0 Å². The summed E-state index contributed by atoms with van der Waals surface area (Å²) in [5.41, 5.74) is 5.49. The Balaban J connectivity index is 1.40. The number of piperidine rings is 1. The highest BCUT2D eigenvalue weighted by atomic mass is 32.1. The van der Waals surface area contributed by atoms with Crippen LogP contribution in [0.3, 0.4) is 0 Å². The van der Waals surface area contributed by atoms with Crippen molar-refractivity contribution in [2.45, 2.75) is 26.2 Å². The molecule has 2 aromatic heterocycles. The average molecular weight is 483 g/mol. The van der Waals surface area contributed by atoms with Gasteiger partial charge in [0.15, 0.2) is 5.78 Å². The maximum Gasteiger partial charge on any atom is 0.331 e. The highest BCUT2D eigenvalue weighted by molar-refractivity contribution is 7.21. The van der Waals surface area contributed by atoms with E-state index in [-0.39, 0.29) is 11.8 Å². The quantitative estimate of drug-likeness (QED) is 0.317. The van der Waals surface area contributed by atoms with E-state index in [1.807, 2.05) is 36.4 Å². The van der Waals surface area contributed by atoms with Crippen LogP contribution in [0.15, 0.2) is 60.8 Å². The number of anilines is 3. The number of aromatic nitrogens is 1. The van der Waals surface area contributed by atoms with Gasteiger partial charge in [0.2, 0.25) is 0 Å². The van der Waals surface area contributed by atoms with Gasteiger partial charge in [-0.15, -0.1) is 11.3 Å². The van der Waals surface area contributed by atoms with Gasteiger partial charge in [-0.1, -0.05) is 36.4 Å². The maximum absolute atomic E-state index is 13.5. The fourth-order valence-corrected chi connectivity index (χ4v) is 6.27. The van der Waals surface area contributed by atoms with Crippen molar-refractivity contribution in [2.75, 3.05) is 23.3 Å². The fraction of sp³-hybridized carbons (Fsp3) is 0.250. The molecule has 2 N–H and O–H groups in total. The molecule has 4 aromatic rings. The van der Waals surface area contributed by atoms with Crippen LogP contribution in [0, 0.1) is 12.8 Å². The number of carbonyl (C=O) groups excluding carboxylic acids is 2. The van der Waals surface area contributed by atoms with Crippen LogP contribution in [0.4, 0.5) is 21.9 Å². The maximum atomic E-state index is 13.5. The Kier molecular flexibility index (Phi) is 5.59. The van der Waals surface area contributed by atoms with Gasteiger partial charge in [0.25, 0.3) is 0 Å². The Hall–Kier alpha value is -3.55. The molecule has 0 spiro atoms. The predicted octanol–water partition coefficient (Wildman–Crippen LogP) is 6.53. The Morgan fingerprint density at radius 3 is 2.89 bits per heavy atom. The molecule has 0 radical (unpaired) electrons. The summed E-state index contributed by atoms with van der Waals surface area (Å²) in [4.78, 5) is 34.3. The summed E-state index contributed by atoms with van der Waals surface area (Å²) in [7, 11) is 0. The molecular weight excluding hydrogens is 456 g/mol. The molecule has 2 aliphatic heterocycles. The summed E-state index contributed by atoms with van der Waals surface area (Å²) in [5, 5.41) is 7.25. The lowest BCUT2D eigenvalue weighted by Gasteiger charge is -2.29. The average Bonchev–Trinajstić information content (AvgIpc) is 3.25. The molecule has 0 unspecified atom stereocenters. The second-order valence-corrected chi connectivity index (χ2v) is 10.3. The number of pyridine rings is 1. The predicted molar refractivity (Wildman–Crippen MR) is 142 cm³/mol. The van der Waals surface area contributed by atoms with Crippen LogP contribution in [0.25, 0.3) is 21.3 Å². The highest BCUT2D eigenvalue weighted by Crippen LogP contribution is 2.46. The summed E-state index contributed by atoms with van der Waals surface area (Å²) < 4.78 is 0. The second kappa shape index (κ2) is 8.91. The van der Waals surface area contributed by atoms with Gasteiger partial charge in [0, 0.05) is 12.6 Å². The number of rotatable bonds is 5. The number of carbonyl (C=O) groups is 2. The number of hydrogen-bond acceptors (Lipinski definition) is 5. The van der Waals surface area contributed by atoms with Crippen LogP contribution in [0.5, 0.6) is 0 Å². The van der Waals surface area contributed by atoms with E-state index >= 15 is 0 Å². The van der Waals surface area contributed by atoms with Crippen LogP contribution in [-0.4, -0.2) is 29.9 Å². The molecule has 2 amide bonds. The van der Waals surface area contributed by atoms with E-state index in [1.54, 1.807) is 11.1 Å².